The number of carbonyl (C=O) groups is 1. The summed E-state index contributed by atoms with van der Waals surface area (Å²) in [6, 6.07) is 13.5. The Labute approximate surface area is 153 Å². The highest BCUT2D eigenvalue weighted by molar-refractivity contribution is 6.30. The minimum atomic E-state index is 0.129. The normalized spacial score (nSPS) is 16.8. The fourth-order valence-corrected chi connectivity index (χ4v) is 3.49. The van der Waals surface area contributed by atoms with Gasteiger partial charge in [-0.25, -0.2) is 0 Å². The monoisotopic (exact) mass is 359 g/mol. The quantitative estimate of drug-likeness (QED) is 0.800. The second-order valence-electron chi connectivity index (χ2n) is 6.16. The van der Waals surface area contributed by atoms with Crippen LogP contribution in [0.2, 0.25) is 5.02 Å². The molecule has 0 aliphatic carbocycles. The summed E-state index contributed by atoms with van der Waals surface area (Å²) in [6.45, 7) is 0.791. The van der Waals surface area contributed by atoms with Crippen molar-refractivity contribution >= 4 is 17.5 Å². The summed E-state index contributed by atoms with van der Waals surface area (Å²) in [5.41, 5.74) is 2.06. The van der Waals surface area contributed by atoms with Gasteiger partial charge in [-0.1, -0.05) is 29.8 Å². The average Bonchev–Trinajstić information content (AvgIpc) is 3.12. The van der Waals surface area contributed by atoms with Gasteiger partial charge in [-0.15, -0.1) is 0 Å². The average molecular weight is 360 g/mol. The molecule has 0 radical (unpaired) electrons. The molecule has 3 rings (SSSR count). The summed E-state index contributed by atoms with van der Waals surface area (Å²) in [5.74, 6) is 1.44. The van der Waals surface area contributed by atoms with Crippen molar-refractivity contribution in [2.75, 3.05) is 20.8 Å². The first-order chi connectivity index (χ1) is 12.1. The molecule has 25 heavy (non-hydrogen) atoms. The first kappa shape index (κ1) is 17.6. The molecule has 132 valence electrons. The van der Waals surface area contributed by atoms with Gasteiger partial charge in [-0.05, 0) is 48.2 Å². The van der Waals surface area contributed by atoms with E-state index < -0.39 is 0 Å². The molecule has 2 aromatic carbocycles. The van der Waals surface area contributed by atoms with Crippen LogP contribution in [0.15, 0.2) is 42.5 Å². The molecule has 0 bridgehead atoms. The number of methoxy groups -OCH3 is 2. The second-order valence-corrected chi connectivity index (χ2v) is 6.60. The van der Waals surface area contributed by atoms with Gasteiger partial charge < -0.3 is 14.4 Å². The molecule has 1 heterocycles. The minimum Gasteiger partial charge on any atom is -0.493 e. The Morgan fingerprint density at radius 3 is 2.52 bits per heavy atom. The summed E-state index contributed by atoms with van der Waals surface area (Å²) in [4.78, 5) is 14.8. The molecule has 1 aliphatic rings. The molecule has 2 aromatic rings. The highest BCUT2D eigenvalue weighted by Gasteiger charge is 2.29. The zero-order valence-electron chi connectivity index (χ0n) is 14.5. The van der Waals surface area contributed by atoms with E-state index in [9.17, 15) is 4.79 Å². The van der Waals surface area contributed by atoms with Gasteiger partial charge in [0, 0.05) is 11.6 Å². The van der Waals surface area contributed by atoms with Gasteiger partial charge in [-0.3, -0.25) is 4.79 Å². The Bertz CT molecular complexity index is 745. The van der Waals surface area contributed by atoms with Crippen molar-refractivity contribution in [3.8, 4) is 11.5 Å². The highest BCUT2D eigenvalue weighted by Crippen LogP contribution is 2.33. The molecule has 0 spiro atoms. The third kappa shape index (κ3) is 3.90. The number of carbonyl (C=O) groups excluding carboxylic acids is 1. The van der Waals surface area contributed by atoms with Crippen molar-refractivity contribution in [1.29, 1.82) is 0 Å². The van der Waals surface area contributed by atoms with Crippen molar-refractivity contribution in [1.82, 2.24) is 4.90 Å². The summed E-state index contributed by atoms with van der Waals surface area (Å²) >= 11 is 5.98. The number of amides is 1. The molecule has 1 saturated heterocycles. The maximum absolute atomic E-state index is 12.8. The third-order valence-corrected chi connectivity index (χ3v) is 4.88. The predicted octanol–water partition coefficient (Wildman–Crippen LogP) is 4.26. The van der Waals surface area contributed by atoms with Crippen LogP contribution in [-0.2, 0) is 11.2 Å². The summed E-state index contributed by atoms with van der Waals surface area (Å²) in [6.07, 6.45) is 2.36. The molecule has 5 heteroatoms. The van der Waals surface area contributed by atoms with E-state index in [1.165, 1.54) is 0 Å². The van der Waals surface area contributed by atoms with E-state index in [0.717, 1.165) is 30.5 Å². The lowest BCUT2D eigenvalue weighted by molar-refractivity contribution is -0.131. The van der Waals surface area contributed by atoms with Crippen LogP contribution in [0.3, 0.4) is 0 Å². The van der Waals surface area contributed by atoms with Crippen LogP contribution in [0.5, 0.6) is 11.5 Å². The van der Waals surface area contributed by atoms with E-state index in [2.05, 4.69) is 0 Å². The van der Waals surface area contributed by atoms with Crippen molar-refractivity contribution in [2.24, 2.45) is 0 Å². The lowest BCUT2D eigenvalue weighted by Gasteiger charge is -2.25. The number of nitrogens with zero attached hydrogens (tertiary/aromatic N) is 1. The van der Waals surface area contributed by atoms with Crippen LogP contribution in [0, 0.1) is 0 Å². The molecule has 1 atom stereocenters. The van der Waals surface area contributed by atoms with E-state index in [-0.39, 0.29) is 11.9 Å². The lowest BCUT2D eigenvalue weighted by atomic mass is 10.0. The standard InChI is InChI=1S/C20H22ClNO3/c1-24-18-10-5-14(12-19(18)25-2)13-20(23)22-11-3-4-17(22)15-6-8-16(21)9-7-15/h5-10,12,17H,3-4,11,13H2,1-2H3. The van der Waals surface area contributed by atoms with Gasteiger partial charge in [0.15, 0.2) is 11.5 Å². The van der Waals surface area contributed by atoms with Crippen LogP contribution < -0.4 is 9.47 Å². The van der Waals surface area contributed by atoms with E-state index in [0.29, 0.717) is 22.9 Å². The van der Waals surface area contributed by atoms with Crippen molar-refractivity contribution in [2.45, 2.75) is 25.3 Å². The fraction of sp³-hybridized carbons (Fsp3) is 0.350. The predicted molar refractivity (Wildman–Crippen MR) is 98.4 cm³/mol. The Morgan fingerprint density at radius 1 is 1.12 bits per heavy atom. The largest absolute Gasteiger partial charge is 0.493 e. The number of likely N-dealkylation sites (tertiary alicyclic amines) is 1. The molecule has 0 N–H and O–H groups in total. The fourth-order valence-electron chi connectivity index (χ4n) is 3.36. The number of hydrogen-bond donors (Lipinski definition) is 0. The summed E-state index contributed by atoms with van der Waals surface area (Å²) in [5, 5.41) is 0.713. The van der Waals surface area contributed by atoms with E-state index in [1.807, 2.05) is 47.4 Å². The van der Waals surface area contributed by atoms with E-state index in [1.54, 1.807) is 14.2 Å². The number of benzene rings is 2. The Morgan fingerprint density at radius 2 is 1.84 bits per heavy atom. The summed E-state index contributed by atoms with van der Waals surface area (Å²) < 4.78 is 10.6. The zero-order valence-corrected chi connectivity index (χ0v) is 15.3. The van der Waals surface area contributed by atoms with Crippen LogP contribution >= 0.6 is 11.6 Å². The molecular formula is C20H22ClNO3. The molecule has 1 amide bonds. The number of rotatable bonds is 5. The molecule has 1 aliphatic heterocycles. The highest BCUT2D eigenvalue weighted by atomic mass is 35.5. The maximum atomic E-state index is 12.8. The topological polar surface area (TPSA) is 38.8 Å². The molecule has 1 fully saturated rings. The van der Waals surface area contributed by atoms with Crippen LogP contribution in [0.25, 0.3) is 0 Å². The van der Waals surface area contributed by atoms with E-state index in [4.69, 9.17) is 21.1 Å². The molecule has 1 unspecified atom stereocenters. The van der Waals surface area contributed by atoms with Gasteiger partial charge in [0.25, 0.3) is 0 Å². The van der Waals surface area contributed by atoms with E-state index >= 15 is 0 Å². The van der Waals surface area contributed by atoms with Gasteiger partial charge in [0.2, 0.25) is 5.91 Å². The van der Waals surface area contributed by atoms with Gasteiger partial charge in [0.05, 0.1) is 26.7 Å². The number of halogens is 1. The zero-order chi connectivity index (χ0) is 17.8. The van der Waals surface area contributed by atoms with Crippen molar-refractivity contribution in [3.63, 3.8) is 0 Å². The summed E-state index contributed by atoms with van der Waals surface area (Å²) in [7, 11) is 3.20. The van der Waals surface area contributed by atoms with Gasteiger partial charge in [-0.2, -0.15) is 0 Å². The SMILES string of the molecule is COc1ccc(CC(=O)N2CCCC2c2ccc(Cl)cc2)cc1OC. The number of hydrogen-bond acceptors (Lipinski definition) is 3. The minimum absolute atomic E-state index is 0.129. The van der Waals surface area contributed by atoms with Crippen LogP contribution in [-0.4, -0.2) is 31.6 Å². The van der Waals surface area contributed by atoms with Crippen molar-refractivity contribution < 1.29 is 14.3 Å². The lowest BCUT2D eigenvalue weighted by Crippen LogP contribution is -2.31. The van der Waals surface area contributed by atoms with Crippen LogP contribution in [0.1, 0.15) is 30.0 Å². The Hall–Kier alpha value is -2.20. The van der Waals surface area contributed by atoms with Gasteiger partial charge >= 0.3 is 0 Å². The maximum Gasteiger partial charge on any atom is 0.227 e. The second kappa shape index (κ2) is 7.79. The van der Waals surface area contributed by atoms with Gasteiger partial charge in [0.1, 0.15) is 0 Å². The Kier molecular flexibility index (Phi) is 5.49. The third-order valence-electron chi connectivity index (χ3n) is 4.63. The molecule has 0 saturated carbocycles. The first-order valence-corrected chi connectivity index (χ1v) is 8.76. The van der Waals surface area contributed by atoms with Crippen LogP contribution in [0.4, 0.5) is 0 Å². The number of ether oxygens (including phenoxy) is 2. The molecule has 4 nitrogen and oxygen atoms in total. The smallest absolute Gasteiger partial charge is 0.227 e. The first-order valence-electron chi connectivity index (χ1n) is 8.38. The molecule has 0 aromatic heterocycles. The Balaban J connectivity index is 1.75. The van der Waals surface area contributed by atoms with Crippen molar-refractivity contribution in [3.05, 3.63) is 58.6 Å². The molecular weight excluding hydrogens is 338 g/mol.